The van der Waals surface area contributed by atoms with Gasteiger partial charge in [0.15, 0.2) is 0 Å². The molecule has 1 atom stereocenters. The highest BCUT2D eigenvalue weighted by atomic mass is 79.9. The van der Waals surface area contributed by atoms with Gasteiger partial charge in [-0.1, -0.05) is 15.9 Å². The number of methoxy groups -OCH3 is 1. The molecule has 0 aliphatic rings. The lowest BCUT2D eigenvalue weighted by atomic mass is 9.83. The van der Waals surface area contributed by atoms with Crippen molar-refractivity contribution < 1.29 is 34.4 Å². The molecule has 0 amide bonds. The second-order valence-electron chi connectivity index (χ2n) is 5.48. The van der Waals surface area contributed by atoms with Gasteiger partial charge in [-0.3, -0.25) is 14.4 Å². The van der Waals surface area contributed by atoms with Crippen molar-refractivity contribution in [2.45, 2.75) is 31.6 Å². The van der Waals surface area contributed by atoms with E-state index in [1.165, 1.54) is 7.11 Å². The lowest BCUT2D eigenvalue weighted by Gasteiger charge is -2.22. The molecule has 0 radical (unpaired) electrons. The van der Waals surface area contributed by atoms with Crippen LogP contribution in [0.15, 0.2) is 22.7 Å². The lowest BCUT2D eigenvalue weighted by molar-refractivity contribution is -0.140. The molecule has 132 valence electrons. The summed E-state index contributed by atoms with van der Waals surface area (Å²) in [6, 6.07) is 5.10. The number of carboxylic acid groups (broad SMARTS) is 3. The molecule has 0 spiro atoms. The van der Waals surface area contributed by atoms with Gasteiger partial charge in [0.1, 0.15) is 5.75 Å². The number of halogens is 1. The Labute approximate surface area is 147 Å². The number of ether oxygens (including phenoxy) is 1. The van der Waals surface area contributed by atoms with E-state index < -0.39 is 29.7 Å². The first-order valence-electron chi connectivity index (χ1n) is 7.21. The summed E-state index contributed by atoms with van der Waals surface area (Å²) >= 11 is 3.36. The number of carboxylic acids is 3. The average Bonchev–Trinajstić information content (AvgIpc) is 2.45. The van der Waals surface area contributed by atoms with Crippen LogP contribution in [0.5, 0.6) is 5.75 Å². The van der Waals surface area contributed by atoms with Crippen LogP contribution >= 0.6 is 15.9 Å². The normalized spacial score (nSPS) is 12.0. The zero-order valence-corrected chi connectivity index (χ0v) is 14.7. The Kier molecular flexibility index (Phi) is 7.70. The van der Waals surface area contributed by atoms with Crippen LogP contribution in [0.25, 0.3) is 0 Å². The van der Waals surface area contributed by atoms with E-state index in [1.807, 2.05) is 0 Å². The van der Waals surface area contributed by atoms with Gasteiger partial charge < -0.3 is 20.1 Å². The van der Waals surface area contributed by atoms with E-state index in [2.05, 4.69) is 15.9 Å². The smallest absolute Gasteiger partial charge is 0.303 e. The number of carbonyl (C=O) groups is 3. The van der Waals surface area contributed by atoms with Gasteiger partial charge in [0, 0.05) is 17.3 Å². The maximum Gasteiger partial charge on any atom is 0.303 e. The minimum atomic E-state index is -1.11. The molecule has 0 aliphatic heterocycles. The first-order valence-corrected chi connectivity index (χ1v) is 8.01. The number of hydrogen-bond donors (Lipinski definition) is 3. The molecule has 1 aromatic carbocycles. The van der Waals surface area contributed by atoms with Crippen molar-refractivity contribution in [3.8, 4) is 5.75 Å². The van der Waals surface area contributed by atoms with Crippen LogP contribution in [0.1, 0.15) is 37.2 Å². The first kappa shape index (κ1) is 20.0. The standard InChI is InChI=1S/C16H19BrO7/c1-24-11-2-3-13(17)12(8-11)10(7-16(22)23)4-9(5-14(18)19)6-15(20)21/h2-3,8-10H,4-7H2,1H3,(H,18,19)(H,20,21)(H,22,23)/t10-/m0/s1. The van der Waals surface area contributed by atoms with Crippen molar-refractivity contribution >= 4 is 33.8 Å². The highest BCUT2D eigenvalue weighted by molar-refractivity contribution is 9.10. The van der Waals surface area contributed by atoms with Gasteiger partial charge in [-0.05, 0) is 42.0 Å². The Balaban J connectivity index is 3.12. The van der Waals surface area contributed by atoms with Gasteiger partial charge in [0.05, 0.1) is 13.5 Å². The van der Waals surface area contributed by atoms with Crippen LogP contribution in [0.3, 0.4) is 0 Å². The lowest BCUT2D eigenvalue weighted by Crippen LogP contribution is -2.18. The Hall–Kier alpha value is -2.09. The van der Waals surface area contributed by atoms with E-state index >= 15 is 0 Å². The summed E-state index contributed by atoms with van der Waals surface area (Å²) in [6.07, 6.45) is -0.758. The molecule has 0 fully saturated rings. The van der Waals surface area contributed by atoms with E-state index in [-0.39, 0.29) is 25.7 Å². The number of rotatable bonds is 10. The molecule has 1 rings (SSSR count). The zero-order valence-electron chi connectivity index (χ0n) is 13.1. The van der Waals surface area contributed by atoms with Gasteiger partial charge in [-0.25, -0.2) is 0 Å². The van der Waals surface area contributed by atoms with Gasteiger partial charge >= 0.3 is 17.9 Å². The van der Waals surface area contributed by atoms with E-state index in [4.69, 9.17) is 20.1 Å². The predicted octanol–water partition coefficient (Wildman–Crippen LogP) is 2.97. The van der Waals surface area contributed by atoms with Gasteiger partial charge in [-0.15, -0.1) is 0 Å². The van der Waals surface area contributed by atoms with Gasteiger partial charge in [0.25, 0.3) is 0 Å². The molecule has 1 aromatic rings. The Morgan fingerprint density at radius 3 is 2.04 bits per heavy atom. The van der Waals surface area contributed by atoms with Crippen LogP contribution in [-0.2, 0) is 14.4 Å². The molecule has 0 bridgehead atoms. The summed E-state index contributed by atoms with van der Waals surface area (Å²) < 4.78 is 5.81. The minimum Gasteiger partial charge on any atom is -0.497 e. The third kappa shape index (κ3) is 6.57. The minimum absolute atomic E-state index is 0.136. The van der Waals surface area contributed by atoms with Crippen LogP contribution < -0.4 is 4.74 Å². The second-order valence-corrected chi connectivity index (χ2v) is 6.33. The van der Waals surface area contributed by atoms with Crippen LogP contribution in [-0.4, -0.2) is 40.3 Å². The van der Waals surface area contributed by atoms with Crippen molar-refractivity contribution in [1.29, 1.82) is 0 Å². The summed E-state index contributed by atoms with van der Waals surface area (Å²) in [5.41, 5.74) is 0.650. The Morgan fingerprint density at radius 2 is 1.58 bits per heavy atom. The molecule has 8 heteroatoms. The fraction of sp³-hybridized carbons (Fsp3) is 0.438. The molecular weight excluding hydrogens is 384 g/mol. The summed E-state index contributed by atoms with van der Waals surface area (Å²) in [7, 11) is 1.48. The molecular formula is C16H19BrO7. The van der Waals surface area contributed by atoms with E-state index in [1.54, 1.807) is 18.2 Å². The number of hydrogen-bond acceptors (Lipinski definition) is 4. The summed E-state index contributed by atoms with van der Waals surface area (Å²) in [4.78, 5) is 33.1. The van der Waals surface area contributed by atoms with E-state index in [0.29, 0.717) is 15.8 Å². The molecule has 0 saturated heterocycles. The maximum atomic E-state index is 11.2. The summed E-state index contributed by atoms with van der Waals surface area (Å²) in [6.45, 7) is 0. The molecule has 0 aromatic heterocycles. The molecule has 24 heavy (non-hydrogen) atoms. The fourth-order valence-electron chi connectivity index (χ4n) is 2.63. The molecule has 0 saturated carbocycles. The third-order valence-corrected chi connectivity index (χ3v) is 4.33. The summed E-state index contributed by atoms with van der Waals surface area (Å²) in [5, 5.41) is 27.1. The monoisotopic (exact) mass is 402 g/mol. The molecule has 0 aliphatic carbocycles. The van der Waals surface area contributed by atoms with Gasteiger partial charge in [0.2, 0.25) is 0 Å². The molecule has 3 N–H and O–H groups in total. The molecule has 0 heterocycles. The van der Waals surface area contributed by atoms with Crippen molar-refractivity contribution in [3.63, 3.8) is 0 Å². The van der Waals surface area contributed by atoms with Crippen LogP contribution in [0.4, 0.5) is 0 Å². The number of benzene rings is 1. The van der Waals surface area contributed by atoms with Crippen molar-refractivity contribution in [2.24, 2.45) is 5.92 Å². The van der Waals surface area contributed by atoms with Gasteiger partial charge in [-0.2, -0.15) is 0 Å². The highest BCUT2D eigenvalue weighted by Gasteiger charge is 2.26. The third-order valence-electron chi connectivity index (χ3n) is 3.61. The van der Waals surface area contributed by atoms with Crippen molar-refractivity contribution in [1.82, 2.24) is 0 Å². The van der Waals surface area contributed by atoms with E-state index in [0.717, 1.165) is 0 Å². The van der Waals surface area contributed by atoms with Crippen LogP contribution in [0, 0.1) is 5.92 Å². The Bertz CT molecular complexity index is 598. The van der Waals surface area contributed by atoms with Crippen molar-refractivity contribution in [3.05, 3.63) is 28.2 Å². The molecule has 7 nitrogen and oxygen atoms in total. The fourth-order valence-corrected chi connectivity index (χ4v) is 3.20. The average molecular weight is 403 g/mol. The zero-order chi connectivity index (χ0) is 18.3. The quantitative estimate of drug-likeness (QED) is 0.549. The largest absolute Gasteiger partial charge is 0.497 e. The summed E-state index contributed by atoms with van der Waals surface area (Å²) in [5.74, 6) is -3.92. The molecule has 0 unspecified atom stereocenters. The van der Waals surface area contributed by atoms with Crippen molar-refractivity contribution in [2.75, 3.05) is 7.11 Å². The number of aliphatic carboxylic acids is 3. The first-order chi connectivity index (χ1) is 11.2. The topological polar surface area (TPSA) is 121 Å². The second kappa shape index (κ2) is 9.27. The maximum absolute atomic E-state index is 11.2. The predicted molar refractivity (Wildman–Crippen MR) is 88.3 cm³/mol. The Morgan fingerprint density at radius 1 is 1.04 bits per heavy atom. The SMILES string of the molecule is COc1ccc(Br)c([C@H](CC(=O)O)CC(CC(=O)O)CC(=O)O)c1. The van der Waals surface area contributed by atoms with Crippen LogP contribution in [0.2, 0.25) is 0 Å². The highest BCUT2D eigenvalue weighted by Crippen LogP contribution is 2.36. The van der Waals surface area contributed by atoms with E-state index in [9.17, 15) is 14.4 Å².